The maximum absolute atomic E-state index is 11.8. The lowest BCUT2D eigenvalue weighted by molar-refractivity contribution is 0.0514. The molecular formula is C17H31N3O2S. The van der Waals surface area contributed by atoms with Crippen molar-refractivity contribution in [3.8, 4) is 0 Å². The maximum atomic E-state index is 11.8. The van der Waals surface area contributed by atoms with Crippen LogP contribution in [0.3, 0.4) is 0 Å². The second-order valence-corrected chi connectivity index (χ2v) is 8.05. The first-order chi connectivity index (χ1) is 10.7. The fourth-order valence-corrected chi connectivity index (χ4v) is 2.98. The molecule has 0 aliphatic heterocycles. The summed E-state index contributed by atoms with van der Waals surface area (Å²) in [7, 11) is 0. The van der Waals surface area contributed by atoms with Crippen molar-refractivity contribution >= 4 is 17.4 Å². The van der Waals surface area contributed by atoms with Gasteiger partial charge in [-0.15, -0.1) is 11.3 Å². The number of carbonyl (C=O) groups is 1. The Morgan fingerprint density at radius 1 is 1.35 bits per heavy atom. The highest BCUT2D eigenvalue weighted by Crippen LogP contribution is 2.20. The standard InChI is InChI=1S/C17H31N3O2S/c1-7-14(15-18-8-9-23-15)19-10-13(12(2)3)11-20-16(21)22-17(4,5)6/h8-9,12-14,19H,7,10-11H2,1-6H3,(H,20,21). The third kappa shape index (κ3) is 7.79. The topological polar surface area (TPSA) is 63.2 Å². The molecule has 2 unspecified atom stereocenters. The van der Waals surface area contributed by atoms with E-state index in [0.29, 0.717) is 18.4 Å². The molecule has 1 aromatic rings. The molecule has 0 saturated heterocycles. The lowest BCUT2D eigenvalue weighted by Gasteiger charge is -2.25. The van der Waals surface area contributed by atoms with Gasteiger partial charge in [0.05, 0.1) is 6.04 Å². The Morgan fingerprint density at radius 3 is 2.52 bits per heavy atom. The van der Waals surface area contributed by atoms with E-state index in [1.165, 1.54) is 0 Å². The van der Waals surface area contributed by atoms with Crippen LogP contribution in [-0.2, 0) is 4.74 Å². The molecule has 23 heavy (non-hydrogen) atoms. The Bertz CT molecular complexity index is 455. The molecule has 1 amide bonds. The maximum Gasteiger partial charge on any atom is 0.407 e. The van der Waals surface area contributed by atoms with E-state index >= 15 is 0 Å². The Morgan fingerprint density at radius 2 is 2.04 bits per heavy atom. The first-order valence-corrected chi connectivity index (χ1v) is 9.20. The molecule has 1 heterocycles. The molecule has 1 aromatic heterocycles. The molecule has 1 rings (SSSR count). The molecule has 5 nitrogen and oxygen atoms in total. The average molecular weight is 342 g/mol. The van der Waals surface area contributed by atoms with Crippen LogP contribution in [0.15, 0.2) is 11.6 Å². The summed E-state index contributed by atoms with van der Waals surface area (Å²) in [5.74, 6) is 0.808. The third-order valence-electron chi connectivity index (χ3n) is 3.63. The van der Waals surface area contributed by atoms with E-state index < -0.39 is 5.60 Å². The lowest BCUT2D eigenvalue weighted by Crippen LogP contribution is -2.40. The van der Waals surface area contributed by atoms with Crippen molar-refractivity contribution in [2.24, 2.45) is 11.8 Å². The van der Waals surface area contributed by atoms with Crippen LogP contribution in [0.5, 0.6) is 0 Å². The Hall–Kier alpha value is -1.14. The molecule has 0 fully saturated rings. The smallest absolute Gasteiger partial charge is 0.407 e. The SMILES string of the molecule is CCC(NCC(CNC(=O)OC(C)(C)C)C(C)C)c1nccs1. The van der Waals surface area contributed by atoms with Crippen LogP contribution in [0, 0.1) is 11.8 Å². The van der Waals surface area contributed by atoms with Crippen molar-refractivity contribution in [2.45, 2.75) is 59.6 Å². The van der Waals surface area contributed by atoms with E-state index in [9.17, 15) is 4.79 Å². The summed E-state index contributed by atoms with van der Waals surface area (Å²) in [6.07, 6.45) is 2.49. The molecule has 0 aliphatic carbocycles. The molecule has 2 atom stereocenters. The monoisotopic (exact) mass is 341 g/mol. The van der Waals surface area contributed by atoms with Gasteiger partial charge in [-0.3, -0.25) is 0 Å². The summed E-state index contributed by atoms with van der Waals surface area (Å²) in [5.41, 5.74) is -0.464. The minimum atomic E-state index is -0.464. The molecule has 0 spiro atoms. The van der Waals surface area contributed by atoms with E-state index in [0.717, 1.165) is 18.0 Å². The predicted octanol–water partition coefficient (Wildman–Crippen LogP) is 3.98. The molecular weight excluding hydrogens is 310 g/mol. The first kappa shape index (κ1) is 19.9. The fraction of sp³-hybridized carbons (Fsp3) is 0.765. The van der Waals surface area contributed by atoms with Gasteiger partial charge in [0.15, 0.2) is 0 Å². The zero-order chi connectivity index (χ0) is 17.5. The highest BCUT2D eigenvalue weighted by molar-refractivity contribution is 7.09. The normalized spacial score (nSPS) is 14.6. The number of nitrogens with zero attached hydrogens (tertiary/aromatic N) is 1. The number of thiazole rings is 1. The van der Waals surface area contributed by atoms with Gasteiger partial charge in [0, 0.05) is 24.7 Å². The summed E-state index contributed by atoms with van der Waals surface area (Å²) in [6.45, 7) is 13.6. The predicted molar refractivity (Wildman–Crippen MR) is 95.7 cm³/mol. The van der Waals surface area contributed by atoms with Crippen LogP contribution in [0.1, 0.15) is 59.0 Å². The van der Waals surface area contributed by atoms with Crippen LogP contribution in [0.25, 0.3) is 0 Å². The van der Waals surface area contributed by atoms with Crippen LogP contribution in [-0.4, -0.2) is 29.8 Å². The van der Waals surface area contributed by atoms with E-state index in [1.807, 2.05) is 32.3 Å². The second kappa shape index (κ2) is 9.23. The summed E-state index contributed by atoms with van der Waals surface area (Å²) < 4.78 is 5.29. The number of carbonyl (C=O) groups excluding carboxylic acids is 1. The highest BCUT2D eigenvalue weighted by Gasteiger charge is 2.20. The summed E-state index contributed by atoms with van der Waals surface area (Å²) in [6, 6.07) is 0.276. The van der Waals surface area contributed by atoms with Crippen molar-refractivity contribution in [2.75, 3.05) is 13.1 Å². The van der Waals surface area contributed by atoms with Crippen LogP contribution >= 0.6 is 11.3 Å². The molecule has 0 radical (unpaired) electrons. The van der Waals surface area contributed by atoms with Gasteiger partial charge < -0.3 is 15.4 Å². The van der Waals surface area contributed by atoms with Crippen LogP contribution in [0.4, 0.5) is 4.79 Å². The van der Waals surface area contributed by atoms with E-state index in [1.54, 1.807) is 11.3 Å². The number of rotatable bonds is 8. The molecule has 0 aliphatic rings. The number of amides is 1. The highest BCUT2D eigenvalue weighted by atomic mass is 32.1. The molecule has 0 bridgehead atoms. The fourth-order valence-electron chi connectivity index (χ4n) is 2.18. The molecule has 0 aromatic carbocycles. The molecule has 2 N–H and O–H groups in total. The molecule has 6 heteroatoms. The van der Waals surface area contributed by atoms with Crippen LogP contribution < -0.4 is 10.6 Å². The Labute approximate surface area is 144 Å². The third-order valence-corrected chi connectivity index (χ3v) is 4.52. The van der Waals surface area contributed by atoms with Gasteiger partial charge >= 0.3 is 6.09 Å². The van der Waals surface area contributed by atoms with E-state index in [2.05, 4.69) is 36.4 Å². The Kier molecular flexibility index (Phi) is 7.99. The van der Waals surface area contributed by atoms with Crippen molar-refractivity contribution < 1.29 is 9.53 Å². The Balaban J connectivity index is 2.47. The average Bonchev–Trinajstić information content (AvgIpc) is 2.94. The van der Waals surface area contributed by atoms with Gasteiger partial charge in [0.1, 0.15) is 10.6 Å². The first-order valence-electron chi connectivity index (χ1n) is 8.32. The summed E-state index contributed by atoms with van der Waals surface area (Å²) in [5, 5.41) is 9.59. The number of aromatic nitrogens is 1. The van der Waals surface area contributed by atoms with Gasteiger partial charge in [-0.2, -0.15) is 0 Å². The van der Waals surface area contributed by atoms with E-state index in [-0.39, 0.29) is 12.1 Å². The van der Waals surface area contributed by atoms with E-state index in [4.69, 9.17) is 4.74 Å². The molecule has 0 saturated carbocycles. The molecule has 132 valence electrons. The minimum absolute atomic E-state index is 0.276. The van der Waals surface area contributed by atoms with Gasteiger partial charge in [-0.05, 0) is 39.0 Å². The van der Waals surface area contributed by atoms with Crippen molar-refractivity contribution in [3.05, 3.63) is 16.6 Å². The quantitative estimate of drug-likeness (QED) is 0.751. The van der Waals surface area contributed by atoms with Gasteiger partial charge in [0.2, 0.25) is 0 Å². The summed E-state index contributed by atoms with van der Waals surface area (Å²) in [4.78, 5) is 16.2. The summed E-state index contributed by atoms with van der Waals surface area (Å²) >= 11 is 1.68. The number of ether oxygens (including phenoxy) is 1. The van der Waals surface area contributed by atoms with Crippen molar-refractivity contribution in [3.63, 3.8) is 0 Å². The second-order valence-electron chi connectivity index (χ2n) is 7.13. The number of nitrogens with one attached hydrogen (secondary N) is 2. The minimum Gasteiger partial charge on any atom is -0.444 e. The lowest BCUT2D eigenvalue weighted by atomic mass is 9.95. The van der Waals surface area contributed by atoms with Crippen molar-refractivity contribution in [1.82, 2.24) is 15.6 Å². The van der Waals surface area contributed by atoms with Gasteiger partial charge in [-0.1, -0.05) is 20.8 Å². The number of hydrogen-bond donors (Lipinski definition) is 2. The zero-order valence-corrected chi connectivity index (χ0v) is 16.0. The number of hydrogen-bond acceptors (Lipinski definition) is 5. The number of alkyl carbamates (subject to hydrolysis) is 1. The van der Waals surface area contributed by atoms with Crippen LogP contribution in [0.2, 0.25) is 0 Å². The van der Waals surface area contributed by atoms with Gasteiger partial charge in [0.25, 0.3) is 0 Å². The zero-order valence-electron chi connectivity index (χ0n) is 15.2. The van der Waals surface area contributed by atoms with Gasteiger partial charge in [-0.25, -0.2) is 9.78 Å². The van der Waals surface area contributed by atoms with Crippen molar-refractivity contribution in [1.29, 1.82) is 0 Å². The largest absolute Gasteiger partial charge is 0.444 e.